The number of anilines is 1. The Balaban J connectivity index is 2.91. The van der Waals surface area contributed by atoms with Crippen molar-refractivity contribution in [1.82, 2.24) is 0 Å². The minimum atomic E-state index is -0.967. The lowest BCUT2D eigenvalue weighted by Crippen LogP contribution is -2.30. The second-order valence-corrected chi connectivity index (χ2v) is 5.62. The van der Waals surface area contributed by atoms with Gasteiger partial charge in [0.15, 0.2) is 0 Å². The van der Waals surface area contributed by atoms with E-state index in [0.29, 0.717) is 11.1 Å². The molecule has 1 unspecified atom stereocenters. The third kappa shape index (κ3) is 4.80. The average molecular weight is 300 g/mol. The van der Waals surface area contributed by atoms with E-state index in [1.807, 2.05) is 19.2 Å². The maximum absolute atomic E-state index is 10.5. The molecule has 1 aromatic carbocycles. The van der Waals surface area contributed by atoms with E-state index in [1.54, 1.807) is 17.8 Å². The first-order valence-corrected chi connectivity index (χ1v) is 7.65. The molecule has 0 aliphatic rings. The summed E-state index contributed by atoms with van der Waals surface area (Å²) in [6.07, 6.45) is 4.71. The molecule has 0 amide bonds. The van der Waals surface area contributed by atoms with Gasteiger partial charge in [0, 0.05) is 24.9 Å². The highest BCUT2D eigenvalue weighted by molar-refractivity contribution is 7.98. The predicted octanol–water partition coefficient (Wildman–Crippen LogP) is 3.63. The molecule has 1 atom stereocenters. The standard InChI is InChI=1S/C14H18ClNO2S/c1-10(9-19-3)16(2)13-6-4-11(8-12(13)15)5-7-14(17)18/h4-8,10H,9H2,1-3H3,(H,17,18)/b7-5+. The molecule has 0 aliphatic carbocycles. The van der Waals surface area contributed by atoms with Gasteiger partial charge < -0.3 is 10.0 Å². The van der Waals surface area contributed by atoms with Gasteiger partial charge >= 0.3 is 5.97 Å². The largest absolute Gasteiger partial charge is 0.478 e. The SMILES string of the molecule is CSCC(C)N(C)c1ccc(/C=C/C(=O)O)cc1Cl. The minimum Gasteiger partial charge on any atom is -0.478 e. The second kappa shape index (κ2) is 7.46. The molecular weight excluding hydrogens is 282 g/mol. The monoisotopic (exact) mass is 299 g/mol. The molecule has 0 fully saturated rings. The molecule has 5 heteroatoms. The van der Waals surface area contributed by atoms with Crippen LogP contribution in [0, 0.1) is 0 Å². The van der Waals surface area contributed by atoms with Crippen LogP contribution in [0.15, 0.2) is 24.3 Å². The highest BCUT2D eigenvalue weighted by atomic mass is 35.5. The highest BCUT2D eigenvalue weighted by Crippen LogP contribution is 2.28. The van der Waals surface area contributed by atoms with Crippen LogP contribution in [0.25, 0.3) is 6.08 Å². The molecule has 1 N–H and O–H groups in total. The molecule has 0 saturated carbocycles. The van der Waals surface area contributed by atoms with Crippen LogP contribution in [0.3, 0.4) is 0 Å². The number of aliphatic carboxylic acids is 1. The lowest BCUT2D eigenvalue weighted by molar-refractivity contribution is -0.131. The molecule has 0 radical (unpaired) electrons. The van der Waals surface area contributed by atoms with E-state index < -0.39 is 5.97 Å². The lowest BCUT2D eigenvalue weighted by Gasteiger charge is -2.27. The quantitative estimate of drug-likeness (QED) is 0.815. The third-order valence-electron chi connectivity index (χ3n) is 2.84. The molecule has 1 rings (SSSR count). The number of halogens is 1. The van der Waals surface area contributed by atoms with E-state index in [-0.39, 0.29) is 0 Å². The molecule has 0 spiro atoms. The van der Waals surface area contributed by atoms with Gasteiger partial charge in [-0.05, 0) is 37.0 Å². The van der Waals surface area contributed by atoms with Crippen molar-refractivity contribution in [3.05, 3.63) is 34.9 Å². The van der Waals surface area contributed by atoms with E-state index >= 15 is 0 Å². The Kier molecular flexibility index (Phi) is 6.25. The first-order valence-electron chi connectivity index (χ1n) is 5.88. The van der Waals surface area contributed by atoms with E-state index in [9.17, 15) is 4.79 Å². The maximum atomic E-state index is 10.5. The van der Waals surface area contributed by atoms with E-state index in [2.05, 4.69) is 18.1 Å². The Morgan fingerprint density at radius 2 is 2.26 bits per heavy atom. The molecule has 0 aromatic heterocycles. The summed E-state index contributed by atoms with van der Waals surface area (Å²) in [6.45, 7) is 2.14. The van der Waals surface area contributed by atoms with Crippen molar-refractivity contribution in [2.24, 2.45) is 0 Å². The van der Waals surface area contributed by atoms with Crippen LogP contribution >= 0.6 is 23.4 Å². The number of carbonyl (C=O) groups is 1. The second-order valence-electron chi connectivity index (χ2n) is 4.30. The molecule has 0 heterocycles. The van der Waals surface area contributed by atoms with Gasteiger partial charge in [0.1, 0.15) is 0 Å². The maximum Gasteiger partial charge on any atom is 0.328 e. The third-order valence-corrected chi connectivity index (χ3v) is 3.96. The van der Waals surface area contributed by atoms with Crippen LogP contribution in [0.4, 0.5) is 5.69 Å². The van der Waals surface area contributed by atoms with E-state index in [4.69, 9.17) is 16.7 Å². The molecule has 104 valence electrons. The zero-order valence-electron chi connectivity index (χ0n) is 11.3. The zero-order chi connectivity index (χ0) is 14.4. The van der Waals surface area contributed by atoms with Crippen molar-refractivity contribution < 1.29 is 9.90 Å². The van der Waals surface area contributed by atoms with E-state index in [0.717, 1.165) is 23.1 Å². The number of rotatable bonds is 6. The van der Waals surface area contributed by atoms with Crippen molar-refractivity contribution >= 4 is 41.1 Å². The normalized spacial score (nSPS) is 12.6. The van der Waals surface area contributed by atoms with Gasteiger partial charge in [-0.15, -0.1) is 0 Å². The number of thioether (sulfide) groups is 1. The van der Waals surface area contributed by atoms with Gasteiger partial charge in [0.05, 0.1) is 10.7 Å². The highest BCUT2D eigenvalue weighted by Gasteiger charge is 2.12. The van der Waals surface area contributed by atoms with Crippen molar-refractivity contribution in [1.29, 1.82) is 0 Å². The van der Waals surface area contributed by atoms with Gasteiger partial charge in [-0.2, -0.15) is 11.8 Å². The number of hydrogen-bond acceptors (Lipinski definition) is 3. The van der Waals surface area contributed by atoms with Crippen molar-refractivity contribution in [2.45, 2.75) is 13.0 Å². The fourth-order valence-corrected chi connectivity index (χ4v) is 2.70. The van der Waals surface area contributed by atoms with Gasteiger partial charge in [-0.25, -0.2) is 4.79 Å². The van der Waals surface area contributed by atoms with Gasteiger partial charge in [-0.3, -0.25) is 0 Å². The summed E-state index contributed by atoms with van der Waals surface area (Å²) in [4.78, 5) is 12.6. The molecule has 0 bridgehead atoms. The lowest BCUT2D eigenvalue weighted by atomic mass is 10.1. The number of benzene rings is 1. The van der Waals surface area contributed by atoms with Gasteiger partial charge in [0.2, 0.25) is 0 Å². The fraction of sp³-hybridized carbons (Fsp3) is 0.357. The molecular formula is C14H18ClNO2S. The summed E-state index contributed by atoms with van der Waals surface area (Å²) in [5.41, 5.74) is 1.73. The Labute approximate surface area is 123 Å². The van der Waals surface area contributed by atoms with Crippen LogP contribution in [-0.4, -0.2) is 36.2 Å². The van der Waals surface area contributed by atoms with Crippen molar-refractivity contribution in [3.8, 4) is 0 Å². The first kappa shape index (κ1) is 15.9. The topological polar surface area (TPSA) is 40.5 Å². The molecule has 0 saturated heterocycles. The summed E-state index contributed by atoms with van der Waals surface area (Å²) in [5, 5.41) is 9.22. The number of carboxylic acid groups (broad SMARTS) is 1. The van der Waals surface area contributed by atoms with E-state index in [1.165, 1.54) is 6.08 Å². The molecule has 3 nitrogen and oxygen atoms in total. The van der Waals surface area contributed by atoms with Crippen LogP contribution in [-0.2, 0) is 4.79 Å². The van der Waals surface area contributed by atoms with Crippen molar-refractivity contribution in [3.63, 3.8) is 0 Å². The summed E-state index contributed by atoms with van der Waals surface area (Å²) < 4.78 is 0. The minimum absolute atomic E-state index is 0.382. The average Bonchev–Trinajstić information content (AvgIpc) is 2.36. The Hall–Kier alpha value is -1.13. The number of nitrogens with zero attached hydrogens (tertiary/aromatic N) is 1. The fourth-order valence-electron chi connectivity index (χ4n) is 1.67. The smallest absolute Gasteiger partial charge is 0.328 e. The summed E-state index contributed by atoms with van der Waals surface area (Å²) >= 11 is 8.05. The summed E-state index contributed by atoms with van der Waals surface area (Å²) in [6, 6.07) is 5.94. The summed E-state index contributed by atoms with van der Waals surface area (Å²) in [5.74, 6) is 0.0546. The van der Waals surface area contributed by atoms with Crippen molar-refractivity contribution in [2.75, 3.05) is 24.0 Å². The molecule has 19 heavy (non-hydrogen) atoms. The zero-order valence-corrected chi connectivity index (χ0v) is 12.8. The van der Waals surface area contributed by atoms with Crippen LogP contribution in [0.2, 0.25) is 5.02 Å². The first-order chi connectivity index (χ1) is 8.95. The Bertz CT molecular complexity index is 477. The Morgan fingerprint density at radius 3 is 2.79 bits per heavy atom. The van der Waals surface area contributed by atoms with Gasteiger partial charge in [-0.1, -0.05) is 17.7 Å². The molecule has 1 aromatic rings. The Morgan fingerprint density at radius 1 is 1.58 bits per heavy atom. The number of hydrogen-bond donors (Lipinski definition) is 1. The molecule has 0 aliphatic heterocycles. The van der Waals surface area contributed by atoms with Crippen LogP contribution in [0.1, 0.15) is 12.5 Å². The van der Waals surface area contributed by atoms with Crippen LogP contribution < -0.4 is 4.90 Å². The predicted molar refractivity (Wildman–Crippen MR) is 84.4 cm³/mol. The number of carboxylic acids is 1. The van der Waals surface area contributed by atoms with Gasteiger partial charge in [0.25, 0.3) is 0 Å². The van der Waals surface area contributed by atoms with Crippen LogP contribution in [0.5, 0.6) is 0 Å². The summed E-state index contributed by atoms with van der Waals surface area (Å²) in [7, 11) is 2.01.